The Hall–Kier alpha value is -2.09. The molecule has 5 nitrogen and oxygen atoms in total. The predicted molar refractivity (Wildman–Crippen MR) is 110 cm³/mol. The molecule has 4 rings (SSSR count). The number of benzene rings is 1. The molecule has 31 heavy (non-hydrogen) atoms. The summed E-state index contributed by atoms with van der Waals surface area (Å²) in [6.45, 7) is 4.91. The Labute approximate surface area is 181 Å². The zero-order valence-electron chi connectivity index (χ0n) is 17.7. The molecule has 3 aliphatic heterocycles. The molecule has 3 fully saturated rings. The van der Waals surface area contributed by atoms with Crippen LogP contribution in [0.25, 0.3) is 0 Å². The summed E-state index contributed by atoms with van der Waals surface area (Å²) in [7, 11) is 0. The maximum Gasteiger partial charge on any atom is 0.416 e. The van der Waals surface area contributed by atoms with Crippen molar-refractivity contribution in [3.05, 3.63) is 35.4 Å². The number of likely N-dealkylation sites (tertiary alicyclic amines) is 3. The average molecular weight is 438 g/mol. The lowest BCUT2D eigenvalue weighted by atomic mass is 9.93. The van der Waals surface area contributed by atoms with Crippen LogP contribution in [0.15, 0.2) is 24.3 Å². The zero-order chi connectivity index (χ0) is 22.0. The monoisotopic (exact) mass is 437 g/mol. The molecule has 3 saturated heterocycles. The van der Waals surface area contributed by atoms with E-state index in [4.69, 9.17) is 0 Å². The van der Waals surface area contributed by atoms with E-state index in [2.05, 4.69) is 4.90 Å². The van der Waals surface area contributed by atoms with Gasteiger partial charge in [0.05, 0.1) is 5.56 Å². The van der Waals surface area contributed by atoms with E-state index in [1.54, 1.807) is 4.90 Å². The minimum absolute atomic E-state index is 0.0695. The summed E-state index contributed by atoms with van der Waals surface area (Å²) < 4.78 is 38.1. The van der Waals surface area contributed by atoms with Crippen molar-refractivity contribution in [3.63, 3.8) is 0 Å². The van der Waals surface area contributed by atoms with Gasteiger partial charge in [0.2, 0.25) is 5.91 Å². The molecular formula is C23H30F3N3O2. The molecule has 170 valence electrons. The second-order valence-corrected chi connectivity index (χ2v) is 8.94. The van der Waals surface area contributed by atoms with Crippen molar-refractivity contribution in [2.24, 2.45) is 5.92 Å². The molecule has 1 aromatic carbocycles. The number of alkyl halides is 3. The zero-order valence-corrected chi connectivity index (χ0v) is 17.7. The van der Waals surface area contributed by atoms with Gasteiger partial charge in [0.15, 0.2) is 0 Å². The highest BCUT2D eigenvalue weighted by molar-refractivity contribution is 5.94. The normalized spacial score (nSPS) is 22.2. The van der Waals surface area contributed by atoms with Crippen LogP contribution in [0, 0.1) is 5.92 Å². The maximum atomic E-state index is 13.0. The molecule has 2 amide bonds. The fourth-order valence-corrected chi connectivity index (χ4v) is 5.13. The number of halogens is 3. The summed E-state index contributed by atoms with van der Waals surface area (Å²) in [6.07, 6.45) is 1.44. The number of hydrogen-bond acceptors (Lipinski definition) is 3. The first-order valence-electron chi connectivity index (χ1n) is 11.3. The van der Waals surface area contributed by atoms with Gasteiger partial charge in [-0.2, -0.15) is 13.2 Å². The first kappa shape index (κ1) is 22.1. The van der Waals surface area contributed by atoms with Crippen LogP contribution in [-0.2, 0) is 11.0 Å². The van der Waals surface area contributed by atoms with Crippen molar-refractivity contribution in [1.29, 1.82) is 0 Å². The molecule has 0 spiro atoms. The number of amides is 2. The molecular weight excluding hydrogens is 407 g/mol. The quantitative estimate of drug-likeness (QED) is 0.725. The third-order valence-corrected chi connectivity index (χ3v) is 7.02. The van der Waals surface area contributed by atoms with Gasteiger partial charge in [0.1, 0.15) is 0 Å². The van der Waals surface area contributed by atoms with Crippen molar-refractivity contribution in [2.45, 2.75) is 50.7 Å². The molecule has 0 radical (unpaired) electrons. The van der Waals surface area contributed by atoms with E-state index in [0.717, 1.165) is 38.1 Å². The first-order chi connectivity index (χ1) is 14.8. The summed E-state index contributed by atoms with van der Waals surface area (Å²) in [5.41, 5.74) is -0.511. The fourth-order valence-electron chi connectivity index (χ4n) is 5.13. The molecule has 3 aliphatic rings. The second-order valence-electron chi connectivity index (χ2n) is 8.94. The number of nitrogens with zero attached hydrogens (tertiary/aromatic N) is 3. The summed E-state index contributed by atoms with van der Waals surface area (Å²) in [6, 6.07) is 4.94. The number of piperidine rings is 2. The summed E-state index contributed by atoms with van der Waals surface area (Å²) >= 11 is 0. The van der Waals surface area contributed by atoms with Crippen molar-refractivity contribution in [2.75, 3.05) is 39.3 Å². The smallest absolute Gasteiger partial charge is 0.342 e. The van der Waals surface area contributed by atoms with E-state index in [1.807, 2.05) is 4.90 Å². The molecule has 1 aromatic rings. The minimum atomic E-state index is -4.41. The molecule has 8 heteroatoms. The van der Waals surface area contributed by atoms with E-state index in [1.165, 1.54) is 38.1 Å². The van der Waals surface area contributed by atoms with E-state index in [0.29, 0.717) is 32.0 Å². The van der Waals surface area contributed by atoms with Crippen molar-refractivity contribution in [3.8, 4) is 0 Å². The van der Waals surface area contributed by atoms with Crippen LogP contribution >= 0.6 is 0 Å². The van der Waals surface area contributed by atoms with E-state index >= 15 is 0 Å². The van der Waals surface area contributed by atoms with Gasteiger partial charge in [-0.05, 0) is 75.9 Å². The second kappa shape index (κ2) is 9.18. The van der Waals surface area contributed by atoms with Gasteiger partial charge in [-0.15, -0.1) is 0 Å². The Bertz CT molecular complexity index is 774. The molecule has 0 atom stereocenters. The van der Waals surface area contributed by atoms with Gasteiger partial charge >= 0.3 is 6.18 Å². The van der Waals surface area contributed by atoms with Crippen LogP contribution in [0.3, 0.4) is 0 Å². The Balaban J connectivity index is 1.25. The highest BCUT2D eigenvalue weighted by Crippen LogP contribution is 2.30. The van der Waals surface area contributed by atoms with Crippen molar-refractivity contribution < 1.29 is 22.8 Å². The lowest BCUT2D eigenvalue weighted by Gasteiger charge is -2.39. The molecule has 0 bridgehead atoms. The first-order valence-corrected chi connectivity index (χ1v) is 11.3. The van der Waals surface area contributed by atoms with Crippen LogP contribution < -0.4 is 0 Å². The largest absolute Gasteiger partial charge is 0.416 e. The van der Waals surface area contributed by atoms with Crippen LogP contribution in [0.2, 0.25) is 0 Å². The highest BCUT2D eigenvalue weighted by atomic mass is 19.4. The predicted octanol–water partition coefficient (Wildman–Crippen LogP) is 3.64. The topological polar surface area (TPSA) is 43.9 Å². The Kier molecular flexibility index (Phi) is 6.55. The van der Waals surface area contributed by atoms with Gasteiger partial charge in [0.25, 0.3) is 5.91 Å². The maximum absolute atomic E-state index is 13.0. The number of hydrogen-bond donors (Lipinski definition) is 0. The molecule has 0 aliphatic carbocycles. The number of rotatable bonds is 3. The van der Waals surface area contributed by atoms with E-state index < -0.39 is 11.7 Å². The summed E-state index contributed by atoms with van der Waals surface area (Å²) in [4.78, 5) is 31.8. The molecule has 0 aromatic heterocycles. The molecule has 0 N–H and O–H groups in total. The van der Waals surface area contributed by atoms with Crippen LogP contribution in [0.5, 0.6) is 0 Å². The SMILES string of the molecule is O=C(c1ccc(C(F)(F)F)cc1)N1CCC(C(=O)N2CCC(N3CCCC3)CC2)CC1. The van der Waals surface area contributed by atoms with Gasteiger partial charge in [-0.1, -0.05) is 0 Å². The summed E-state index contributed by atoms with van der Waals surface area (Å²) in [5, 5.41) is 0. The fraction of sp³-hybridized carbons (Fsp3) is 0.652. The Morgan fingerprint density at radius 1 is 0.774 bits per heavy atom. The van der Waals surface area contributed by atoms with Crippen LogP contribution in [0.4, 0.5) is 13.2 Å². The van der Waals surface area contributed by atoms with Gasteiger partial charge in [-0.25, -0.2) is 0 Å². The van der Waals surface area contributed by atoms with Crippen molar-refractivity contribution in [1.82, 2.24) is 14.7 Å². The van der Waals surface area contributed by atoms with Crippen LogP contribution in [0.1, 0.15) is 54.4 Å². The molecule has 3 heterocycles. The summed E-state index contributed by atoms with van der Waals surface area (Å²) in [5.74, 6) is -0.146. The average Bonchev–Trinajstić information content (AvgIpc) is 3.33. The number of carbonyl (C=O) groups excluding carboxylic acids is 2. The Morgan fingerprint density at radius 2 is 1.32 bits per heavy atom. The number of carbonyl (C=O) groups is 2. The lowest BCUT2D eigenvalue weighted by molar-refractivity contribution is -0.138. The van der Waals surface area contributed by atoms with E-state index in [9.17, 15) is 22.8 Å². The standard InChI is InChI=1S/C23H30F3N3O2/c24-23(25,26)19-5-3-17(4-6-19)21(30)28-13-7-18(8-14-28)22(31)29-15-9-20(10-16-29)27-11-1-2-12-27/h3-6,18,20H,1-2,7-16H2. The van der Waals surface area contributed by atoms with E-state index in [-0.39, 0.29) is 23.3 Å². The highest BCUT2D eigenvalue weighted by Gasteiger charge is 2.34. The lowest BCUT2D eigenvalue weighted by Crippen LogP contribution is -2.49. The third kappa shape index (κ3) is 5.05. The third-order valence-electron chi connectivity index (χ3n) is 7.02. The van der Waals surface area contributed by atoms with Gasteiger partial charge in [-0.3, -0.25) is 9.59 Å². The molecule has 0 saturated carbocycles. The van der Waals surface area contributed by atoms with Crippen LogP contribution in [-0.4, -0.2) is 71.8 Å². The van der Waals surface area contributed by atoms with Crippen molar-refractivity contribution >= 4 is 11.8 Å². The van der Waals surface area contributed by atoms with Gasteiger partial charge in [0, 0.05) is 43.7 Å². The molecule has 0 unspecified atom stereocenters. The Morgan fingerprint density at radius 3 is 1.87 bits per heavy atom. The minimum Gasteiger partial charge on any atom is -0.342 e. The van der Waals surface area contributed by atoms with Gasteiger partial charge < -0.3 is 14.7 Å².